The molecule has 2 N–H and O–H groups in total. The van der Waals surface area contributed by atoms with Crippen molar-refractivity contribution < 1.29 is 23.9 Å². The quantitative estimate of drug-likeness (QED) is 0.468. The Bertz CT molecular complexity index is 644. The van der Waals surface area contributed by atoms with Crippen molar-refractivity contribution in [2.24, 2.45) is 0 Å². The summed E-state index contributed by atoms with van der Waals surface area (Å²) in [7, 11) is 0. The Morgan fingerprint density at radius 3 is 2.24 bits per heavy atom. The summed E-state index contributed by atoms with van der Waals surface area (Å²) in [5.74, 6) is -0.804. The topological polar surface area (TPSA) is 93.7 Å². The van der Waals surface area contributed by atoms with Gasteiger partial charge in [-0.05, 0) is 52.0 Å². The van der Waals surface area contributed by atoms with Crippen molar-refractivity contribution in [3.63, 3.8) is 0 Å². The van der Waals surface area contributed by atoms with Crippen molar-refractivity contribution >= 4 is 23.7 Å². The lowest BCUT2D eigenvalue weighted by atomic mass is 10.2. The van der Waals surface area contributed by atoms with Crippen LogP contribution in [0.15, 0.2) is 36.4 Å². The number of esters is 1. The van der Waals surface area contributed by atoms with E-state index in [0.29, 0.717) is 16.8 Å². The summed E-state index contributed by atoms with van der Waals surface area (Å²) in [6, 6.07) is 6.34. The molecular formula is C18H24N2O5. The Balaban J connectivity index is 2.45. The second kappa shape index (κ2) is 8.86. The van der Waals surface area contributed by atoms with Gasteiger partial charge in [0.15, 0.2) is 0 Å². The van der Waals surface area contributed by atoms with Crippen molar-refractivity contribution in [2.45, 2.75) is 33.3 Å². The van der Waals surface area contributed by atoms with Gasteiger partial charge in [-0.2, -0.15) is 0 Å². The molecule has 1 aromatic carbocycles. The van der Waals surface area contributed by atoms with Crippen LogP contribution in [0.1, 0.15) is 38.1 Å². The van der Waals surface area contributed by atoms with Gasteiger partial charge in [0.05, 0.1) is 6.54 Å². The molecule has 0 aliphatic carbocycles. The molecule has 0 heterocycles. The summed E-state index contributed by atoms with van der Waals surface area (Å²) in [6.45, 7) is 10.6. The lowest BCUT2D eigenvalue weighted by Crippen LogP contribution is -2.28. The van der Waals surface area contributed by atoms with E-state index in [0.717, 1.165) is 0 Å². The molecule has 0 unspecified atom stereocenters. The molecule has 1 rings (SSSR count). The van der Waals surface area contributed by atoms with Crippen molar-refractivity contribution in [3.8, 4) is 0 Å². The van der Waals surface area contributed by atoms with Crippen molar-refractivity contribution in [2.75, 3.05) is 18.5 Å². The summed E-state index contributed by atoms with van der Waals surface area (Å²) in [6.07, 6.45) is -0.566. The second-order valence-electron chi connectivity index (χ2n) is 6.38. The van der Waals surface area contributed by atoms with Gasteiger partial charge in [-0.3, -0.25) is 10.1 Å². The lowest BCUT2D eigenvalue weighted by molar-refractivity contribution is -0.138. The third kappa shape index (κ3) is 8.01. The number of amides is 2. The first-order valence-corrected chi connectivity index (χ1v) is 7.79. The van der Waals surface area contributed by atoms with E-state index in [-0.39, 0.29) is 19.1 Å². The Morgan fingerprint density at radius 2 is 1.72 bits per heavy atom. The minimum atomic E-state index is -0.586. The van der Waals surface area contributed by atoms with Crippen LogP contribution < -0.4 is 10.6 Å². The molecule has 0 radical (unpaired) electrons. The molecule has 0 atom stereocenters. The van der Waals surface area contributed by atoms with Crippen LogP contribution in [0.4, 0.5) is 10.5 Å². The fourth-order valence-corrected chi connectivity index (χ4v) is 1.66. The summed E-state index contributed by atoms with van der Waals surface area (Å²) >= 11 is 0. The number of anilines is 1. The highest BCUT2D eigenvalue weighted by atomic mass is 16.6. The number of carbonyl (C=O) groups is 3. The number of hydrogen-bond donors (Lipinski definition) is 2. The summed E-state index contributed by atoms with van der Waals surface area (Å²) in [4.78, 5) is 34.8. The largest absolute Gasteiger partial charge is 0.460 e. The molecule has 0 aliphatic rings. The molecule has 0 saturated carbocycles. The Morgan fingerprint density at radius 1 is 1.12 bits per heavy atom. The fraction of sp³-hybridized carbons (Fsp3) is 0.389. The number of rotatable bonds is 6. The standard InChI is InChI=1S/C18H24N2O5/c1-12(2)16(22)24-11-10-19-15(21)13-6-8-14(9-7-13)20-17(23)25-18(3,4)5/h6-9H,1,10-11H2,2-5H3,(H,19,21)(H,20,23). The summed E-state index contributed by atoms with van der Waals surface area (Å²) < 4.78 is 10.0. The van der Waals surface area contributed by atoms with Gasteiger partial charge in [-0.15, -0.1) is 0 Å². The van der Waals surface area contributed by atoms with E-state index in [1.165, 1.54) is 0 Å². The molecule has 2 amide bonds. The molecule has 136 valence electrons. The maximum absolute atomic E-state index is 12.0. The van der Waals surface area contributed by atoms with Crippen molar-refractivity contribution in [1.82, 2.24) is 5.32 Å². The average molecular weight is 348 g/mol. The van der Waals surface area contributed by atoms with Gasteiger partial charge in [-0.25, -0.2) is 9.59 Å². The van der Waals surface area contributed by atoms with E-state index in [2.05, 4.69) is 17.2 Å². The third-order valence-electron chi connectivity index (χ3n) is 2.76. The van der Waals surface area contributed by atoms with Gasteiger partial charge in [0.1, 0.15) is 12.2 Å². The summed E-state index contributed by atoms with van der Waals surface area (Å²) in [5.41, 5.74) is 0.652. The molecule has 7 heteroatoms. The van der Waals surface area contributed by atoms with Gasteiger partial charge in [0.25, 0.3) is 5.91 Å². The van der Waals surface area contributed by atoms with Crippen LogP contribution in [0.25, 0.3) is 0 Å². The maximum Gasteiger partial charge on any atom is 0.412 e. The van der Waals surface area contributed by atoms with Crippen molar-refractivity contribution in [3.05, 3.63) is 42.0 Å². The zero-order chi connectivity index (χ0) is 19.0. The van der Waals surface area contributed by atoms with E-state index >= 15 is 0 Å². The predicted molar refractivity (Wildman–Crippen MR) is 94.4 cm³/mol. The molecule has 0 bridgehead atoms. The number of nitrogens with one attached hydrogen (secondary N) is 2. The zero-order valence-corrected chi connectivity index (χ0v) is 15.0. The average Bonchev–Trinajstić information content (AvgIpc) is 2.49. The fourth-order valence-electron chi connectivity index (χ4n) is 1.66. The van der Waals surface area contributed by atoms with Gasteiger partial charge in [-0.1, -0.05) is 6.58 Å². The first kappa shape index (κ1) is 20.2. The van der Waals surface area contributed by atoms with E-state index in [1.807, 2.05) is 0 Å². The SMILES string of the molecule is C=C(C)C(=O)OCCNC(=O)c1ccc(NC(=O)OC(C)(C)C)cc1. The molecule has 0 aliphatic heterocycles. The van der Waals surface area contributed by atoms with Crippen LogP contribution in [0, 0.1) is 0 Å². The highest BCUT2D eigenvalue weighted by Crippen LogP contribution is 2.13. The third-order valence-corrected chi connectivity index (χ3v) is 2.76. The highest BCUT2D eigenvalue weighted by molar-refractivity contribution is 5.95. The van der Waals surface area contributed by atoms with Crippen LogP contribution in [0.3, 0.4) is 0 Å². The van der Waals surface area contributed by atoms with Gasteiger partial charge < -0.3 is 14.8 Å². The van der Waals surface area contributed by atoms with Gasteiger partial charge in [0.2, 0.25) is 0 Å². The predicted octanol–water partition coefficient (Wildman–Crippen LogP) is 2.88. The van der Waals surface area contributed by atoms with Crippen LogP contribution in [0.5, 0.6) is 0 Å². The minimum Gasteiger partial charge on any atom is -0.460 e. The second-order valence-corrected chi connectivity index (χ2v) is 6.38. The molecule has 0 aromatic heterocycles. The first-order valence-electron chi connectivity index (χ1n) is 7.79. The Labute approximate surface area is 147 Å². The monoisotopic (exact) mass is 348 g/mol. The molecular weight excluding hydrogens is 324 g/mol. The maximum atomic E-state index is 12.0. The van der Waals surface area contributed by atoms with Crippen LogP contribution in [-0.4, -0.2) is 36.7 Å². The number of carbonyl (C=O) groups excluding carboxylic acids is 3. The normalized spacial score (nSPS) is 10.6. The highest BCUT2D eigenvalue weighted by Gasteiger charge is 2.16. The number of hydrogen-bond acceptors (Lipinski definition) is 5. The molecule has 7 nitrogen and oxygen atoms in total. The van der Waals surface area contributed by atoms with Crippen LogP contribution >= 0.6 is 0 Å². The molecule has 0 fully saturated rings. The van der Waals surface area contributed by atoms with E-state index in [1.54, 1.807) is 52.0 Å². The molecule has 0 spiro atoms. The number of ether oxygens (including phenoxy) is 2. The van der Waals surface area contributed by atoms with Crippen molar-refractivity contribution in [1.29, 1.82) is 0 Å². The van der Waals surface area contributed by atoms with Crippen LogP contribution in [-0.2, 0) is 14.3 Å². The lowest BCUT2D eigenvalue weighted by Gasteiger charge is -2.19. The molecule has 0 saturated heterocycles. The van der Waals surface area contributed by atoms with Gasteiger partial charge in [0, 0.05) is 16.8 Å². The molecule has 25 heavy (non-hydrogen) atoms. The van der Waals surface area contributed by atoms with E-state index < -0.39 is 17.7 Å². The summed E-state index contributed by atoms with van der Waals surface area (Å²) in [5, 5.41) is 5.21. The Hall–Kier alpha value is -2.83. The Kier molecular flexibility index (Phi) is 7.17. The smallest absolute Gasteiger partial charge is 0.412 e. The van der Waals surface area contributed by atoms with Crippen LogP contribution in [0.2, 0.25) is 0 Å². The number of benzene rings is 1. The van der Waals surface area contributed by atoms with E-state index in [9.17, 15) is 14.4 Å². The minimum absolute atomic E-state index is 0.0652. The molecule has 1 aromatic rings. The van der Waals surface area contributed by atoms with E-state index in [4.69, 9.17) is 9.47 Å². The van der Waals surface area contributed by atoms with Gasteiger partial charge >= 0.3 is 12.1 Å². The first-order chi connectivity index (χ1) is 11.6. The zero-order valence-electron chi connectivity index (χ0n) is 15.0.